The summed E-state index contributed by atoms with van der Waals surface area (Å²) < 4.78 is 3.43. The molecule has 2 aromatic rings. The molecule has 3 N–H and O–H groups in total. The topological polar surface area (TPSA) is 90.8 Å². The van der Waals surface area contributed by atoms with E-state index in [9.17, 15) is 4.79 Å². The summed E-state index contributed by atoms with van der Waals surface area (Å²) in [7, 11) is 3.59. The lowest BCUT2D eigenvalue weighted by atomic mass is 10.4. The summed E-state index contributed by atoms with van der Waals surface area (Å²) in [6.07, 6.45) is 3.28. The number of carbonyl (C=O) groups is 1. The lowest BCUT2D eigenvalue weighted by Crippen LogP contribution is -2.26. The van der Waals surface area contributed by atoms with Crippen molar-refractivity contribution in [1.82, 2.24) is 24.6 Å². The Morgan fingerprint density at radius 1 is 1.47 bits per heavy atom. The second kappa shape index (κ2) is 4.28. The van der Waals surface area contributed by atoms with Gasteiger partial charge in [0, 0.05) is 20.3 Å². The van der Waals surface area contributed by atoms with Crippen molar-refractivity contribution in [3.05, 3.63) is 30.1 Å². The zero-order valence-electron chi connectivity index (χ0n) is 9.71. The van der Waals surface area contributed by atoms with Crippen LogP contribution in [0, 0.1) is 0 Å². The first-order valence-electron chi connectivity index (χ1n) is 5.11. The Morgan fingerprint density at radius 3 is 2.76 bits per heavy atom. The minimum Gasteiger partial charge on any atom is -0.397 e. The predicted molar refractivity (Wildman–Crippen MR) is 62.0 cm³/mol. The van der Waals surface area contributed by atoms with Crippen LogP contribution in [0.5, 0.6) is 0 Å². The van der Waals surface area contributed by atoms with Gasteiger partial charge in [-0.2, -0.15) is 0 Å². The largest absolute Gasteiger partial charge is 0.397 e. The van der Waals surface area contributed by atoms with Gasteiger partial charge in [-0.25, -0.2) is 0 Å². The molecule has 2 rings (SSSR count). The maximum Gasteiger partial charge on any atom is 0.268 e. The highest BCUT2D eigenvalue weighted by atomic mass is 16.1. The van der Waals surface area contributed by atoms with Crippen LogP contribution in [0.15, 0.2) is 18.6 Å². The van der Waals surface area contributed by atoms with E-state index in [2.05, 4.69) is 15.5 Å². The van der Waals surface area contributed by atoms with Crippen molar-refractivity contribution in [2.75, 3.05) is 5.73 Å². The minimum atomic E-state index is -0.188. The van der Waals surface area contributed by atoms with Gasteiger partial charge in [-0.3, -0.25) is 4.79 Å². The average molecular weight is 234 g/mol. The summed E-state index contributed by atoms with van der Waals surface area (Å²) in [4.78, 5) is 11.8. The number of hydrogen-bond acceptors (Lipinski definition) is 4. The number of anilines is 1. The van der Waals surface area contributed by atoms with Crippen LogP contribution in [0.2, 0.25) is 0 Å². The maximum atomic E-state index is 11.8. The lowest BCUT2D eigenvalue weighted by molar-refractivity contribution is 0.0941. The van der Waals surface area contributed by atoms with Crippen molar-refractivity contribution in [3.63, 3.8) is 0 Å². The van der Waals surface area contributed by atoms with E-state index in [1.165, 1.54) is 0 Å². The fraction of sp³-hybridized carbons (Fsp3) is 0.300. The van der Waals surface area contributed by atoms with Gasteiger partial charge in [-0.15, -0.1) is 10.2 Å². The number of amides is 1. The molecule has 0 spiro atoms. The van der Waals surface area contributed by atoms with Gasteiger partial charge in [0.25, 0.3) is 5.91 Å². The van der Waals surface area contributed by atoms with E-state index >= 15 is 0 Å². The third-order valence-corrected chi connectivity index (χ3v) is 2.47. The van der Waals surface area contributed by atoms with E-state index in [0.29, 0.717) is 23.8 Å². The number of nitrogens with two attached hydrogens (primary N) is 1. The molecule has 0 unspecified atom stereocenters. The summed E-state index contributed by atoms with van der Waals surface area (Å²) >= 11 is 0. The van der Waals surface area contributed by atoms with Gasteiger partial charge in [-0.05, 0) is 6.07 Å². The Hall–Kier alpha value is -2.31. The Labute approximate surface area is 98.2 Å². The SMILES string of the molecule is Cn1cc(N)cc1C(=O)NCc1nncn1C. The summed E-state index contributed by atoms with van der Waals surface area (Å²) in [6, 6.07) is 1.63. The highest BCUT2D eigenvalue weighted by Gasteiger charge is 2.11. The predicted octanol–water partition coefficient (Wildman–Crippen LogP) is -0.334. The molecule has 90 valence electrons. The molecule has 7 heteroatoms. The van der Waals surface area contributed by atoms with Crippen LogP contribution < -0.4 is 11.1 Å². The first-order valence-corrected chi connectivity index (χ1v) is 5.11. The van der Waals surface area contributed by atoms with E-state index in [0.717, 1.165) is 0 Å². The van der Waals surface area contributed by atoms with Crippen LogP contribution >= 0.6 is 0 Å². The van der Waals surface area contributed by atoms with Crippen molar-refractivity contribution in [2.45, 2.75) is 6.54 Å². The molecule has 0 radical (unpaired) electrons. The molecule has 0 aliphatic rings. The second-order valence-corrected chi connectivity index (χ2v) is 3.81. The molecule has 0 saturated heterocycles. The average Bonchev–Trinajstić information content (AvgIpc) is 2.81. The molecule has 0 fully saturated rings. The highest BCUT2D eigenvalue weighted by Crippen LogP contribution is 2.08. The van der Waals surface area contributed by atoms with Gasteiger partial charge in [0.1, 0.15) is 12.0 Å². The van der Waals surface area contributed by atoms with Crippen molar-refractivity contribution >= 4 is 11.6 Å². The second-order valence-electron chi connectivity index (χ2n) is 3.81. The summed E-state index contributed by atoms with van der Waals surface area (Å²) in [5, 5.41) is 10.4. The van der Waals surface area contributed by atoms with Gasteiger partial charge in [0.2, 0.25) is 0 Å². The van der Waals surface area contributed by atoms with Gasteiger partial charge in [0.15, 0.2) is 5.82 Å². The van der Waals surface area contributed by atoms with Crippen molar-refractivity contribution < 1.29 is 4.79 Å². The molecule has 0 aliphatic carbocycles. The number of aromatic nitrogens is 4. The molecule has 0 bridgehead atoms. The lowest BCUT2D eigenvalue weighted by Gasteiger charge is -2.05. The fourth-order valence-corrected chi connectivity index (χ4v) is 1.53. The number of hydrogen-bond donors (Lipinski definition) is 2. The van der Waals surface area contributed by atoms with E-state index in [4.69, 9.17) is 5.73 Å². The zero-order chi connectivity index (χ0) is 12.4. The van der Waals surface area contributed by atoms with Crippen molar-refractivity contribution in [1.29, 1.82) is 0 Å². The number of aryl methyl sites for hydroxylation is 2. The molecule has 2 heterocycles. The quantitative estimate of drug-likeness (QED) is 0.760. The Bertz CT molecular complexity index is 541. The first kappa shape index (κ1) is 11.2. The Morgan fingerprint density at radius 2 is 2.24 bits per heavy atom. The normalized spacial score (nSPS) is 10.5. The van der Waals surface area contributed by atoms with E-state index < -0.39 is 0 Å². The van der Waals surface area contributed by atoms with Crippen LogP contribution in [-0.2, 0) is 20.6 Å². The van der Waals surface area contributed by atoms with E-state index in [1.807, 2.05) is 7.05 Å². The number of carbonyl (C=O) groups excluding carboxylic acids is 1. The molecule has 2 aromatic heterocycles. The van der Waals surface area contributed by atoms with Gasteiger partial charge in [0.05, 0.1) is 12.2 Å². The molecule has 0 saturated carbocycles. The van der Waals surface area contributed by atoms with E-state index in [1.54, 1.807) is 34.8 Å². The van der Waals surface area contributed by atoms with Crippen molar-refractivity contribution in [2.24, 2.45) is 14.1 Å². The zero-order valence-corrected chi connectivity index (χ0v) is 9.71. The van der Waals surface area contributed by atoms with Gasteiger partial charge >= 0.3 is 0 Å². The van der Waals surface area contributed by atoms with Crippen LogP contribution in [0.3, 0.4) is 0 Å². The smallest absolute Gasteiger partial charge is 0.268 e. The number of nitrogens with one attached hydrogen (secondary N) is 1. The minimum absolute atomic E-state index is 0.188. The molecule has 1 amide bonds. The molecular weight excluding hydrogens is 220 g/mol. The Balaban J connectivity index is 2.03. The summed E-state index contributed by atoms with van der Waals surface area (Å²) in [5.74, 6) is 0.507. The monoisotopic (exact) mass is 234 g/mol. The van der Waals surface area contributed by atoms with Crippen LogP contribution in [-0.4, -0.2) is 25.2 Å². The molecular formula is C10H14N6O. The maximum absolute atomic E-state index is 11.8. The van der Waals surface area contributed by atoms with Crippen LogP contribution in [0.1, 0.15) is 16.3 Å². The molecule has 0 atom stereocenters. The first-order chi connectivity index (χ1) is 8.08. The standard InChI is InChI=1S/C10H14N6O/c1-15-5-7(11)3-8(15)10(17)12-4-9-14-13-6-16(9)2/h3,5-6H,4,11H2,1-2H3,(H,12,17). The fourth-order valence-electron chi connectivity index (χ4n) is 1.53. The highest BCUT2D eigenvalue weighted by molar-refractivity contribution is 5.93. The number of nitrogen functional groups attached to an aromatic ring is 1. The molecule has 0 aliphatic heterocycles. The Kier molecular flexibility index (Phi) is 2.82. The molecule has 17 heavy (non-hydrogen) atoms. The molecule has 7 nitrogen and oxygen atoms in total. The summed E-state index contributed by atoms with van der Waals surface area (Å²) in [6.45, 7) is 0.334. The number of nitrogens with zero attached hydrogens (tertiary/aromatic N) is 4. The number of rotatable bonds is 3. The third-order valence-electron chi connectivity index (χ3n) is 2.47. The molecule has 0 aromatic carbocycles. The third kappa shape index (κ3) is 2.27. The summed E-state index contributed by atoms with van der Waals surface area (Å²) in [5.41, 5.74) is 6.69. The van der Waals surface area contributed by atoms with Crippen LogP contribution in [0.25, 0.3) is 0 Å². The van der Waals surface area contributed by atoms with Crippen molar-refractivity contribution in [3.8, 4) is 0 Å². The van der Waals surface area contributed by atoms with E-state index in [-0.39, 0.29) is 5.91 Å². The van der Waals surface area contributed by atoms with Gasteiger partial charge < -0.3 is 20.2 Å². The van der Waals surface area contributed by atoms with Crippen LogP contribution in [0.4, 0.5) is 5.69 Å². The van der Waals surface area contributed by atoms with Gasteiger partial charge in [-0.1, -0.05) is 0 Å².